The molecule has 0 spiro atoms. The molecule has 0 unspecified atom stereocenters. The molecule has 0 atom stereocenters. The Bertz CT molecular complexity index is 2170. The summed E-state index contributed by atoms with van der Waals surface area (Å²) >= 11 is 0. The standard InChI is InChI=1S/C33H23BF2N2/c1-20-29-25-14-8-6-10-22(25)16-18-27(29)37-32(20)31(24-12-4-3-5-13-24)33-21(2)30-26-15-9-7-11-23(26)17-19-28(30)38(33)34(37,35)36/h3-19H,1-2H3. The highest BCUT2D eigenvalue weighted by atomic mass is 19.2. The summed E-state index contributed by atoms with van der Waals surface area (Å²) in [6.07, 6.45) is 0. The van der Waals surface area contributed by atoms with Crippen LogP contribution in [0.3, 0.4) is 0 Å². The number of allylic oxidation sites excluding steroid dienone is 1. The van der Waals surface area contributed by atoms with Gasteiger partial charge >= 0.3 is 6.97 Å². The maximum absolute atomic E-state index is 17.1. The van der Waals surface area contributed by atoms with Crippen LogP contribution in [-0.4, -0.2) is 11.4 Å². The summed E-state index contributed by atoms with van der Waals surface area (Å²) in [6, 6.07) is 33.8. The molecule has 182 valence electrons. The molecule has 0 amide bonds. The van der Waals surface area contributed by atoms with Crippen molar-refractivity contribution in [2.75, 3.05) is 0 Å². The zero-order valence-electron chi connectivity index (χ0n) is 21.0. The Morgan fingerprint density at radius 2 is 1.32 bits per heavy atom. The van der Waals surface area contributed by atoms with Crippen LogP contribution in [0.5, 0.6) is 0 Å². The maximum atomic E-state index is 17.1. The van der Waals surface area contributed by atoms with Crippen molar-refractivity contribution in [1.29, 1.82) is 0 Å². The van der Waals surface area contributed by atoms with Gasteiger partial charge in [-0.15, -0.1) is 0 Å². The Morgan fingerprint density at radius 1 is 0.684 bits per heavy atom. The molecule has 5 aromatic carbocycles. The van der Waals surface area contributed by atoms with E-state index in [2.05, 4.69) is 0 Å². The minimum absolute atomic E-state index is 0.570. The van der Waals surface area contributed by atoms with E-state index in [9.17, 15) is 0 Å². The first-order chi connectivity index (χ1) is 18.5. The number of aryl methyl sites for hydroxylation is 1. The fraction of sp³-hybridized carbons (Fsp3) is 0.0606. The first kappa shape index (κ1) is 21.6. The molecular formula is C33H23BF2N2. The summed E-state index contributed by atoms with van der Waals surface area (Å²) in [4.78, 5) is 0. The van der Waals surface area contributed by atoms with Gasteiger partial charge in [0.1, 0.15) is 0 Å². The molecule has 0 saturated carbocycles. The molecule has 0 aliphatic carbocycles. The predicted molar refractivity (Wildman–Crippen MR) is 154 cm³/mol. The molecular weight excluding hydrogens is 473 g/mol. The van der Waals surface area contributed by atoms with Gasteiger partial charge < -0.3 is 17.6 Å². The highest BCUT2D eigenvalue weighted by Crippen LogP contribution is 2.45. The van der Waals surface area contributed by atoms with Gasteiger partial charge in [0.25, 0.3) is 0 Å². The van der Waals surface area contributed by atoms with Crippen LogP contribution >= 0.6 is 0 Å². The first-order valence-corrected chi connectivity index (χ1v) is 13.0. The quantitative estimate of drug-likeness (QED) is 0.226. The molecule has 0 N–H and O–H groups in total. The third-order valence-electron chi connectivity index (χ3n) is 8.43. The van der Waals surface area contributed by atoms with E-state index < -0.39 is 6.97 Å². The van der Waals surface area contributed by atoms with Crippen molar-refractivity contribution in [3.8, 4) is 0 Å². The Morgan fingerprint density at radius 3 is 2.08 bits per heavy atom. The van der Waals surface area contributed by atoms with Gasteiger partial charge in [0, 0.05) is 28.2 Å². The van der Waals surface area contributed by atoms with Crippen molar-refractivity contribution >= 4 is 50.6 Å². The molecule has 0 bridgehead atoms. The van der Waals surface area contributed by atoms with Gasteiger partial charge in [-0.2, -0.15) is 0 Å². The highest BCUT2D eigenvalue weighted by Gasteiger charge is 2.55. The van der Waals surface area contributed by atoms with E-state index in [4.69, 9.17) is 0 Å². The van der Waals surface area contributed by atoms with Crippen molar-refractivity contribution in [3.05, 3.63) is 136 Å². The Hall–Kier alpha value is -4.51. The maximum Gasteiger partial charge on any atom is 0.737 e. The summed E-state index contributed by atoms with van der Waals surface area (Å²) in [7, 11) is 0. The SMILES string of the molecule is CC1=c2c(ccc3ccccc23)=[N+]2C1=C(c1ccccc1)c1c(C)c3c4ccccc4ccc3n1[B-]2(F)F. The van der Waals surface area contributed by atoms with Crippen molar-refractivity contribution in [3.63, 3.8) is 0 Å². The smallest absolute Gasteiger partial charge is 0.389 e. The zero-order valence-corrected chi connectivity index (χ0v) is 21.0. The summed E-state index contributed by atoms with van der Waals surface area (Å²) in [6.45, 7) is -0.190. The Kier molecular flexibility index (Phi) is 4.14. The van der Waals surface area contributed by atoms with Gasteiger partial charge in [0.2, 0.25) is 0 Å². The molecule has 0 saturated heterocycles. The Labute approximate surface area is 218 Å². The summed E-state index contributed by atoms with van der Waals surface area (Å²) in [5.41, 5.74) is 5.35. The van der Waals surface area contributed by atoms with Gasteiger partial charge in [-0.05, 0) is 58.7 Å². The predicted octanol–water partition coefficient (Wildman–Crippen LogP) is 6.63. The van der Waals surface area contributed by atoms with E-state index in [0.29, 0.717) is 22.3 Å². The van der Waals surface area contributed by atoms with Crippen LogP contribution in [0.2, 0.25) is 0 Å². The average molecular weight is 496 g/mol. The second-order valence-electron chi connectivity index (χ2n) is 10.4. The van der Waals surface area contributed by atoms with Crippen molar-refractivity contribution in [2.45, 2.75) is 13.8 Å². The van der Waals surface area contributed by atoms with Gasteiger partial charge in [-0.25, -0.2) is 0 Å². The number of rotatable bonds is 1. The minimum atomic E-state index is -4.19. The lowest BCUT2D eigenvalue weighted by atomic mass is 9.84. The van der Waals surface area contributed by atoms with E-state index in [-0.39, 0.29) is 0 Å². The van der Waals surface area contributed by atoms with Crippen LogP contribution in [0.4, 0.5) is 8.63 Å². The molecule has 8 rings (SSSR count). The largest absolute Gasteiger partial charge is 0.737 e. The second kappa shape index (κ2) is 7.29. The number of aromatic nitrogens is 1. The second-order valence-corrected chi connectivity index (χ2v) is 10.4. The molecule has 2 aliphatic rings. The third-order valence-corrected chi connectivity index (χ3v) is 8.43. The van der Waals surface area contributed by atoms with Crippen LogP contribution in [0.15, 0.2) is 109 Å². The van der Waals surface area contributed by atoms with Crippen LogP contribution in [-0.2, 0) is 0 Å². The minimum Gasteiger partial charge on any atom is -0.389 e. The molecule has 0 fully saturated rings. The van der Waals surface area contributed by atoms with E-state index in [1.165, 1.54) is 8.96 Å². The highest BCUT2D eigenvalue weighted by molar-refractivity contribution is 6.65. The third kappa shape index (κ3) is 2.53. The van der Waals surface area contributed by atoms with Crippen molar-refractivity contribution in [2.24, 2.45) is 0 Å². The van der Waals surface area contributed by atoms with Crippen LogP contribution < -0.4 is 15.1 Å². The van der Waals surface area contributed by atoms with E-state index >= 15 is 8.63 Å². The fourth-order valence-corrected chi connectivity index (χ4v) is 6.92. The summed E-state index contributed by atoms with van der Waals surface area (Å²) < 4.78 is 36.9. The fourth-order valence-electron chi connectivity index (χ4n) is 6.92. The molecule has 38 heavy (non-hydrogen) atoms. The van der Waals surface area contributed by atoms with Crippen LogP contribution in [0.25, 0.3) is 43.6 Å². The van der Waals surface area contributed by atoms with E-state index in [0.717, 1.165) is 54.4 Å². The van der Waals surface area contributed by atoms with E-state index in [1.807, 2.05) is 117 Å². The number of hydrogen-bond acceptors (Lipinski definition) is 0. The van der Waals surface area contributed by atoms with Crippen molar-refractivity contribution < 1.29 is 8.63 Å². The van der Waals surface area contributed by atoms with Gasteiger partial charge in [0.05, 0.1) is 10.8 Å². The number of hydrogen-bond donors (Lipinski definition) is 0. The lowest BCUT2D eigenvalue weighted by Crippen LogP contribution is -2.57. The molecule has 0 radical (unpaired) electrons. The van der Waals surface area contributed by atoms with E-state index in [1.54, 1.807) is 0 Å². The van der Waals surface area contributed by atoms with Crippen LogP contribution in [0.1, 0.15) is 23.7 Å². The normalized spacial score (nSPS) is 15.9. The van der Waals surface area contributed by atoms with Crippen molar-refractivity contribution in [1.82, 2.24) is 8.96 Å². The summed E-state index contributed by atoms with van der Waals surface area (Å²) in [5, 5.41) is 6.46. The molecule has 1 aromatic heterocycles. The molecule has 2 aliphatic heterocycles. The van der Waals surface area contributed by atoms with Gasteiger partial charge in [0.15, 0.2) is 11.1 Å². The molecule has 2 nitrogen and oxygen atoms in total. The zero-order chi connectivity index (χ0) is 25.8. The van der Waals surface area contributed by atoms with Gasteiger partial charge in [-0.3, -0.25) is 0 Å². The van der Waals surface area contributed by atoms with Crippen LogP contribution in [0, 0.1) is 6.92 Å². The number of benzene rings is 5. The number of nitrogens with zero attached hydrogens (tertiary/aromatic N) is 2. The molecule has 5 heteroatoms. The summed E-state index contributed by atoms with van der Waals surface area (Å²) in [5.74, 6) is 0. The number of fused-ring (bicyclic) bond motifs is 9. The monoisotopic (exact) mass is 496 g/mol. The first-order valence-electron chi connectivity index (χ1n) is 13.0. The topological polar surface area (TPSA) is 7.94 Å². The Balaban J connectivity index is 1.65. The lowest BCUT2D eigenvalue weighted by molar-refractivity contribution is 0.517. The molecule has 3 heterocycles. The lowest BCUT2D eigenvalue weighted by Gasteiger charge is -2.33. The number of halogens is 2. The van der Waals surface area contributed by atoms with Gasteiger partial charge in [-0.1, -0.05) is 84.9 Å². The molecule has 6 aromatic rings. The average Bonchev–Trinajstić information content (AvgIpc) is 3.43.